The highest BCUT2D eigenvalue weighted by Crippen LogP contribution is 2.28. The van der Waals surface area contributed by atoms with E-state index in [9.17, 15) is 8.42 Å². The van der Waals surface area contributed by atoms with Crippen molar-refractivity contribution in [2.45, 2.75) is 31.5 Å². The van der Waals surface area contributed by atoms with Crippen molar-refractivity contribution in [1.29, 1.82) is 0 Å². The fraction of sp³-hybridized carbons (Fsp3) is 0.400. The Morgan fingerprint density at radius 1 is 0.964 bits per heavy atom. The summed E-state index contributed by atoms with van der Waals surface area (Å²) in [5.74, 6) is 1.20. The van der Waals surface area contributed by atoms with Crippen molar-refractivity contribution < 1.29 is 26.8 Å². The normalized spacial score (nSPS) is 12.8. The van der Waals surface area contributed by atoms with Crippen LogP contribution in [-0.2, 0) is 25.6 Å². The summed E-state index contributed by atoms with van der Waals surface area (Å²) in [5.41, 5.74) is 0.885. The molecule has 0 fully saturated rings. The molecule has 0 amide bonds. The predicted octanol–water partition coefficient (Wildman–Crippen LogP) is 4.41. The Balaban J connectivity index is 2.00. The fourth-order valence-corrected chi connectivity index (χ4v) is 3.86. The van der Waals surface area contributed by atoms with Crippen LogP contribution in [0.5, 0.6) is 11.5 Å². The minimum Gasteiger partial charge on any atom is -0.493 e. The summed E-state index contributed by atoms with van der Waals surface area (Å²) in [6.07, 6.45) is -0.603. The first kappa shape index (κ1) is 22.7. The van der Waals surface area contributed by atoms with Crippen LogP contribution in [0.3, 0.4) is 0 Å². The molecule has 2 aromatic rings. The molecule has 0 aliphatic heterocycles. The molecule has 1 atom stereocenters. The molecule has 0 spiro atoms. The molecule has 0 aromatic heterocycles. The molecule has 0 aliphatic rings. The highest BCUT2D eigenvalue weighted by atomic mass is 79.9. The third-order valence-electron chi connectivity index (χ3n) is 4.09. The number of ether oxygens (including phenoxy) is 3. The zero-order valence-electron chi connectivity index (χ0n) is 16.3. The lowest BCUT2D eigenvalue weighted by molar-refractivity contribution is 0.0232. The molecular formula is C20H25BrO6S. The van der Waals surface area contributed by atoms with Crippen LogP contribution in [-0.4, -0.2) is 35.3 Å². The van der Waals surface area contributed by atoms with Crippen LogP contribution >= 0.6 is 15.9 Å². The van der Waals surface area contributed by atoms with Gasteiger partial charge in [-0.05, 0) is 47.9 Å². The molecule has 0 bridgehead atoms. The zero-order chi connectivity index (χ0) is 20.7. The zero-order valence-corrected chi connectivity index (χ0v) is 18.7. The van der Waals surface area contributed by atoms with Crippen molar-refractivity contribution in [3.63, 3.8) is 0 Å². The third-order valence-corrected chi connectivity index (χ3v) is 5.97. The van der Waals surface area contributed by atoms with E-state index in [1.807, 2.05) is 26.0 Å². The Morgan fingerprint density at radius 3 is 2.18 bits per heavy atom. The minimum atomic E-state index is -3.87. The Bertz CT molecular complexity index is 865. The molecule has 154 valence electrons. The predicted molar refractivity (Wildman–Crippen MR) is 110 cm³/mol. The van der Waals surface area contributed by atoms with Crippen LogP contribution in [0.25, 0.3) is 0 Å². The highest BCUT2D eigenvalue weighted by Gasteiger charge is 2.24. The van der Waals surface area contributed by atoms with Gasteiger partial charge in [-0.3, -0.25) is 4.18 Å². The van der Waals surface area contributed by atoms with Gasteiger partial charge in [-0.2, -0.15) is 8.42 Å². The van der Waals surface area contributed by atoms with Gasteiger partial charge in [-0.25, -0.2) is 0 Å². The minimum absolute atomic E-state index is 0.0457. The number of rotatable bonds is 10. The lowest BCUT2D eigenvalue weighted by Gasteiger charge is -2.21. The maximum absolute atomic E-state index is 12.5. The smallest absolute Gasteiger partial charge is 0.297 e. The molecule has 0 radical (unpaired) electrons. The Labute approximate surface area is 175 Å². The van der Waals surface area contributed by atoms with Crippen molar-refractivity contribution in [2.24, 2.45) is 5.92 Å². The number of methoxy groups -OCH3 is 2. The van der Waals surface area contributed by atoms with Gasteiger partial charge in [0.2, 0.25) is 0 Å². The SMILES string of the molecule is COc1ccc(COC[C@@H](OS(=O)(=O)c2ccc(Br)cc2)C(C)C)cc1OC. The molecule has 0 aliphatic carbocycles. The van der Waals surface area contributed by atoms with E-state index >= 15 is 0 Å². The second-order valence-corrected chi connectivity index (χ2v) is 8.98. The molecular weight excluding hydrogens is 448 g/mol. The van der Waals surface area contributed by atoms with Gasteiger partial charge < -0.3 is 14.2 Å². The Hall–Kier alpha value is -1.61. The van der Waals surface area contributed by atoms with E-state index in [4.69, 9.17) is 18.4 Å². The largest absolute Gasteiger partial charge is 0.493 e. The maximum Gasteiger partial charge on any atom is 0.297 e. The first-order valence-corrected chi connectivity index (χ1v) is 10.9. The third kappa shape index (κ3) is 6.20. The summed E-state index contributed by atoms with van der Waals surface area (Å²) in [4.78, 5) is 0.112. The van der Waals surface area contributed by atoms with Crippen molar-refractivity contribution in [3.8, 4) is 11.5 Å². The van der Waals surface area contributed by atoms with Crippen LogP contribution in [0.2, 0.25) is 0 Å². The molecule has 2 aromatic carbocycles. The van der Waals surface area contributed by atoms with Crippen molar-refractivity contribution >= 4 is 26.0 Å². The van der Waals surface area contributed by atoms with E-state index in [1.54, 1.807) is 32.4 Å². The Morgan fingerprint density at radius 2 is 1.61 bits per heavy atom. The van der Waals surface area contributed by atoms with Gasteiger partial charge >= 0.3 is 0 Å². The number of halogens is 1. The first-order chi connectivity index (χ1) is 13.3. The second kappa shape index (κ2) is 10.2. The molecule has 6 nitrogen and oxygen atoms in total. The maximum atomic E-state index is 12.5. The van der Waals surface area contributed by atoms with Crippen molar-refractivity contribution in [1.82, 2.24) is 0 Å². The van der Waals surface area contributed by atoms with E-state index in [1.165, 1.54) is 12.1 Å². The van der Waals surface area contributed by atoms with E-state index in [2.05, 4.69) is 15.9 Å². The average molecular weight is 473 g/mol. The van der Waals surface area contributed by atoms with E-state index in [0.717, 1.165) is 10.0 Å². The summed E-state index contributed by atoms with van der Waals surface area (Å²) >= 11 is 3.29. The van der Waals surface area contributed by atoms with Crippen molar-refractivity contribution in [3.05, 3.63) is 52.5 Å². The summed E-state index contributed by atoms with van der Waals surface area (Å²) in [5, 5.41) is 0. The monoisotopic (exact) mass is 472 g/mol. The summed E-state index contributed by atoms with van der Waals surface area (Å²) in [6.45, 7) is 4.22. The highest BCUT2D eigenvalue weighted by molar-refractivity contribution is 9.10. The number of hydrogen-bond donors (Lipinski definition) is 0. The first-order valence-electron chi connectivity index (χ1n) is 8.74. The molecule has 28 heavy (non-hydrogen) atoms. The topological polar surface area (TPSA) is 71.1 Å². The van der Waals surface area contributed by atoms with Crippen LogP contribution in [0.1, 0.15) is 19.4 Å². The molecule has 0 heterocycles. The van der Waals surface area contributed by atoms with Gasteiger partial charge in [0.15, 0.2) is 11.5 Å². The van der Waals surface area contributed by atoms with Crippen LogP contribution in [0.4, 0.5) is 0 Å². The molecule has 0 N–H and O–H groups in total. The molecule has 0 saturated carbocycles. The average Bonchev–Trinajstić information content (AvgIpc) is 2.67. The van der Waals surface area contributed by atoms with Crippen molar-refractivity contribution in [2.75, 3.05) is 20.8 Å². The molecule has 2 rings (SSSR count). The quantitative estimate of drug-likeness (QED) is 0.476. The van der Waals surface area contributed by atoms with E-state index < -0.39 is 16.2 Å². The van der Waals surface area contributed by atoms with Crippen LogP contribution in [0.15, 0.2) is 51.8 Å². The van der Waals surface area contributed by atoms with Gasteiger partial charge in [0.1, 0.15) is 6.10 Å². The second-order valence-electron chi connectivity index (χ2n) is 6.49. The van der Waals surface area contributed by atoms with Gasteiger partial charge in [-0.1, -0.05) is 35.8 Å². The molecule has 0 unspecified atom stereocenters. The summed E-state index contributed by atoms with van der Waals surface area (Å²) in [6, 6.07) is 11.8. The lowest BCUT2D eigenvalue weighted by atomic mass is 10.1. The standard InChI is InChI=1S/C20H25BrO6S/c1-14(2)20(27-28(22,23)17-8-6-16(21)7-9-17)13-26-12-15-5-10-18(24-3)19(11-15)25-4/h5-11,14,20H,12-13H2,1-4H3/t20-/m1/s1. The molecule has 8 heteroatoms. The van der Waals surface area contributed by atoms with Crippen LogP contribution in [0, 0.1) is 5.92 Å². The van der Waals surface area contributed by atoms with Crippen LogP contribution < -0.4 is 9.47 Å². The number of benzene rings is 2. The fourth-order valence-electron chi connectivity index (χ4n) is 2.41. The van der Waals surface area contributed by atoms with E-state index in [0.29, 0.717) is 18.1 Å². The molecule has 0 saturated heterocycles. The van der Waals surface area contributed by atoms with Gasteiger partial charge in [0.05, 0.1) is 32.3 Å². The van der Waals surface area contributed by atoms with Gasteiger partial charge in [0, 0.05) is 4.47 Å². The summed E-state index contributed by atoms with van der Waals surface area (Å²) in [7, 11) is -0.732. The Kier molecular flexibility index (Phi) is 8.30. The van der Waals surface area contributed by atoms with Gasteiger partial charge in [0.25, 0.3) is 10.1 Å². The van der Waals surface area contributed by atoms with Gasteiger partial charge in [-0.15, -0.1) is 0 Å². The van der Waals surface area contributed by atoms with E-state index in [-0.39, 0.29) is 17.4 Å². The summed E-state index contributed by atoms with van der Waals surface area (Å²) < 4.78 is 47.5. The lowest BCUT2D eigenvalue weighted by Crippen LogP contribution is -2.28. The number of hydrogen-bond acceptors (Lipinski definition) is 6.